The van der Waals surface area contributed by atoms with Crippen molar-refractivity contribution in [3.05, 3.63) is 11.9 Å². The molecule has 1 unspecified atom stereocenters. The Hall–Kier alpha value is -0.900. The molecule has 0 aliphatic heterocycles. The lowest BCUT2D eigenvalue weighted by Gasteiger charge is -2.29. The van der Waals surface area contributed by atoms with Crippen LogP contribution in [0.25, 0.3) is 0 Å². The van der Waals surface area contributed by atoms with Crippen molar-refractivity contribution in [2.45, 2.75) is 38.7 Å². The molecular formula is C10H17N3O. The van der Waals surface area contributed by atoms with E-state index in [9.17, 15) is 5.11 Å². The van der Waals surface area contributed by atoms with Crippen molar-refractivity contribution in [1.29, 1.82) is 0 Å². The second-order valence-corrected chi connectivity index (χ2v) is 4.89. The Balaban J connectivity index is 2.10. The highest BCUT2D eigenvalue weighted by molar-refractivity contribution is 5.09. The van der Waals surface area contributed by atoms with Gasteiger partial charge in [0.1, 0.15) is 0 Å². The normalized spacial score (nSPS) is 23.1. The van der Waals surface area contributed by atoms with Crippen LogP contribution < -0.4 is 0 Å². The Morgan fingerprint density at radius 1 is 1.64 bits per heavy atom. The third-order valence-corrected chi connectivity index (χ3v) is 3.48. The number of nitrogens with zero attached hydrogens (tertiary/aromatic N) is 3. The fourth-order valence-corrected chi connectivity index (χ4v) is 1.77. The number of rotatable bonds is 3. The molecular weight excluding hydrogens is 178 g/mol. The minimum atomic E-state index is -0.650. The van der Waals surface area contributed by atoms with Crippen LogP contribution in [0.5, 0.6) is 0 Å². The first kappa shape index (κ1) is 9.65. The maximum absolute atomic E-state index is 10.3. The third kappa shape index (κ3) is 1.54. The number of aromatic nitrogens is 3. The Morgan fingerprint density at radius 2 is 2.29 bits per heavy atom. The maximum atomic E-state index is 10.3. The molecule has 0 spiro atoms. The Morgan fingerprint density at radius 3 is 2.71 bits per heavy atom. The second-order valence-electron chi connectivity index (χ2n) is 4.89. The van der Waals surface area contributed by atoms with Gasteiger partial charge < -0.3 is 5.11 Å². The first-order valence-electron chi connectivity index (χ1n) is 5.01. The number of hydrogen-bond acceptors (Lipinski definition) is 3. The van der Waals surface area contributed by atoms with Crippen LogP contribution in [0.4, 0.5) is 0 Å². The van der Waals surface area contributed by atoms with E-state index in [0.29, 0.717) is 6.42 Å². The standard InChI is InChI=1S/C10H17N3O/c1-9(4-5-9)10(2,14)6-8-7-13(3)12-11-8/h7,14H,4-6H2,1-3H3. The van der Waals surface area contributed by atoms with Gasteiger partial charge in [0.2, 0.25) is 0 Å². The zero-order chi connectivity index (χ0) is 10.4. The van der Waals surface area contributed by atoms with E-state index in [-0.39, 0.29) is 5.41 Å². The van der Waals surface area contributed by atoms with Crippen LogP contribution in [0.1, 0.15) is 32.4 Å². The lowest BCUT2D eigenvalue weighted by Crippen LogP contribution is -2.36. The van der Waals surface area contributed by atoms with Gasteiger partial charge in [-0.25, -0.2) is 0 Å². The van der Waals surface area contributed by atoms with Crippen LogP contribution in [0.2, 0.25) is 0 Å². The van der Waals surface area contributed by atoms with Gasteiger partial charge in [0, 0.05) is 19.7 Å². The summed E-state index contributed by atoms with van der Waals surface area (Å²) in [6.07, 6.45) is 4.68. The summed E-state index contributed by atoms with van der Waals surface area (Å²) in [5.74, 6) is 0. The van der Waals surface area contributed by atoms with Crippen LogP contribution in [-0.2, 0) is 13.5 Å². The summed E-state index contributed by atoms with van der Waals surface area (Å²) in [5, 5.41) is 18.2. The molecule has 1 saturated carbocycles. The summed E-state index contributed by atoms with van der Waals surface area (Å²) in [4.78, 5) is 0. The molecule has 0 amide bonds. The van der Waals surface area contributed by atoms with E-state index in [1.165, 1.54) is 0 Å². The zero-order valence-corrected chi connectivity index (χ0v) is 8.99. The average Bonchev–Trinajstić information content (AvgIpc) is 2.70. The molecule has 0 saturated heterocycles. The molecule has 14 heavy (non-hydrogen) atoms. The SMILES string of the molecule is Cn1cc(CC(C)(O)C2(C)CC2)nn1. The molecule has 0 bridgehead atoms. The van der Waals surface area contributed by atoms with E-state index in [2.05, 4.69) is 17.2 Å². The van der Waals surface area contributed by atoms with Crippen LogP contribution in [0.15, 0.2) is 6.20 Å². The summed E-state index contributed by atoms with van der Waals surface area (Å²) in [6, 6.07) is 0. The molecule has 1 heterocycles. The van der Waals surface area contributed by atoms with E-state index >= 15 is 0 Å². The van der Waals surface area contributed by atoms with Gasteiger partial charge in [-0.2, -0.15) is 0 Å². The Bertz CT molecular complexity index is 339. The minimum Gasteiger partial charge on any atom is -0.389 e. The Labute approximate surface area is 83.9 Å². The van der Waals surface area contributed by atoms with Gasteiger partial charge in [-0.05, 0) is 25.2 Å². The van der Waals surface area contributed by atoms with E-state index in [1.807, 2.05) is 20.2 Å². The van der Waals surface area contributed by atoms with Gasteiger partial charge in [-0.15, -0.1) is 5.10 Å². The molecule has 4 nitrogen and oxygen atoms in total. The van der Waals surface area contributed by atoms with E-state index in [0.717, 1.165) is 18.5 Å². The fourth-order valence-electron chi connectivity index (χ4n) is 1.77. The van der Waals surface area contributed by atoms with Gasteiger partial charge in [-0.1, -0.05) is 12.1 Å². The number of aryl methyl sites for hydroxylation is 1. The summed E-state index contributed by atoms with van der Waals surface area (Å²) < 4.78 is 1.67. The lowest BCUT2D eigenvalue weighted by atomic mass is 9.84. The van der Waals surface area contributed by atoms with Crippen molar-refractivity contribution >= 4 is 0 Å². The van der Waals surface area contributed by atoms with Crippen molar-refractivity contribution in [2.24, 2.45) is 12.5 Å². The predicted molar refractivity (Wildman–Crippen MR) is 52.7 cm³/mol. The van der Waals surface area contributed by atoms with Crippen molar-refractivity contribution in [2.75, 3.05) is 0 Å². The van der Waals surface area contributed by atoms with Crippen LogP contribution in [0.3, 0.4) is 0 Å². The fraction of sp³-hybridized carbons (Fsp3) is 0.800. The first-order valence-corrected chi connectivity index (χ1v) is 5.01. The van der Waals surface area contributed by atoms with Crippen molar-refractivity contribution in [3.63, 3.8) is 0 Å². The highest BCUT2D eigenvalue weighted by atomic mass is 16.3. The third-order valence-electron chi connectivity index (χ3n) is 3.48. The van der Waals surface area contributed by atoms with Gasteiger partial charge in [0.25, 0.3) is 0 Å². The van der Waals surface area contributed by atoms with Crippen molar-refractivity contribution < 1.29 is 5.11 Å². The van der Waals surface area contributed by atoms with Gasteiger partial charge in [0.05, 0.1) is 11.3 Å². The van der Waals surface area contributed by atoms with Crippen LogP contribution >= 0.6 is 0 Å². The van der Waals surface area contributed by atoms with Gasteiger partial charge >= 0.3 is 0 Å². The quantitative estimate of drug-likeness (QED) is 0.780. The van der Waals surface area contributed by atoms with E-state index in [1.54, 1.807) is 4.68 Å². The zero-order valence-electron chi connectivity index (χ0n) is 8.99. The van der Waals surface area contributed by atoms with Gasteiger partial charge in [-0.3, -0.25) is 4.68 Å². The minimum absolute atomic E-state index is 0.0878. The summed E-state index contributed by atoms with van der Waals surface area (Å²) in [5.41, 5.74) is 0.304. The topological polar surface area (TPSA) is 50.9 Å². The molecule has 1 fully saturated rings. The van der Waals surface area contributed by atoms with Crippen molar-refractivity contribution in [3.8, 4) is 0 Å². The molecule has 1 aromatic heterocycles. The molecule has 0 radical (unpaired) electrons. The van der Waals surface area contributed by atoms with Crippen LogP contribution in [-0.4, -0.2) is 25.7 Å². The number of aliphatic hydroxyl groups is 1. The molecule has 1 aromatic rings. The number of hydrogen-bond donors (Lipinski definition) is 1. The monoisotopic (exact) mass is 195 g/mol. The maximum Gasteiger partial charge on any atom is 0.0855 e. The molecule has 1 atom stereocenters. The average molecular weight is 195 g/mol. The lowest BCUT2D eigenvalue weighted by molar-refractivity contribution is -0.00785. The second kappa shape index (κ2) is 2.79. The van der Waals surface area contributed by atoms with Crippen LogP contribution in [0, 0.1) is 5.41 Å². The molecule has 1 aliphatic carbocycles. The molecule has 78 valence electrons. The van der Waals surface area contributed by atoms with Gasteiger partial charge in [0.15, 0.2) is 0 Å². The highest BCUT2D eigenvalue weighted by Gasteiger charge is 2.52. The Kier molecular flexibility index (Phi) is 1.93. The summed E-state index contributed by atoms with van der Waals surface area (Å²) >= 11 is 0. The molecule has 1 aliphatic rings. The predicted octanol–water partition coefficient (Wildman–Crippen LogP) is 0.909. The van der Waals surface area contributed by atoms with E-state index < -0.39 is 5.60 Å². The summed E-state index contributed by atoms with van der Waals surface area (Å²) in [7, 11) is 1.84. The summed E-state index contributed by atoms with van der Waals surface area (Å²) in [6.45, 7) is 4.03. The highest BCUT2D eigenvalue weighted by Crippen LogP contribution is 2.54. The van der Waals surface area contributed by atoms with E-state index in [4.69, 9.17) is 0 Å². The largest absolute Gasteiger partial charge is 0.389 e. The smallest absolute Gasteiger partial charge is 0.0855 e. The molecule has 4 heteroatoms. The molecule has 2 rings (SSSR count). The van der Waals surface area contributed by atoms with Crippen molar-refractivity contribution in [1.82, 2.24) is 15.0 Å². The first-order chi connectivity index (χ1) is 6.43. The molecule has 0 aromatic carbocycles. The molecule has 1 N–H and O–H groups in total.